The van der Waals surface area contributed by atoms with Crippen molar-refractivity contribution in [2.75, 3.05) is 19.5 Å². The minimum atomic E-state index is -1.27. The fourth-order valence-corrected chi connectivity index (χ4v) is 1.99. The van der Waals surface area contributed by atoms with Crippen molar-refractivity contribution in [2.24, 2.45) is 0 Å². The van der Waals surface area contributed by atoms with Crippen LogP contribution in [0.1, 0.15) is 20.7 Å². The lowest BCUT2D eigenvalue weighted by Crippen LogP contribution is -2.15. The summed E-state index contributed by atoms with van der Waals surface area (Å²) in [5.41, 5.74) is 0.0710. The first-order valence-electron chi connectivity index (χ1n) is 6.56. The smallest absolute Gasteiger partial charge is 0.337 e. The maximum absolute atomic E-state index is 12.4. The lowest BCUT2D eigenvalue weighted by Gasteiger charge is -2.12. The Morgan fingerprint density at radius 2 is 1.74 bits per heavy atom. The third kappa shape index (κ3) is 3.52. The van der Waals surface area contributed by atoms with Crippen molar-refractivity contribution in [1.82, 2.24) is 0 Å². The van der Waals surface area contributed by atoms with Crippen molar-refractivity contribution in [1.29, 1.82) is 0 Å². The number of carbonyl (C=O) groups is 2. The van der Waals surface area contributed by atoms with Gasteiger partial charge in [-0.15, -0.1) is 0 Å². The fraction of sp³-hybridized carbons (Fsp3) is 0.125. The predicted octanol–water partition coefficient (Wildman–Crippen LogP) is 2.36. The van der Waals surface area contributed by atoms with E-state index in [-0.39, 0.29) is 28.3 Å². The maximum Gasteiger partial charge on any atom is 0.337 e. The van der Waals surface area contributed by atoms with E-state index < -0.39 is 11.9 Å². The van der Waals surface area contributed by atoms with Gasteiger partial charge in [-0.2, -0.15) is 0 Å². The number of carboxylic acid groups (broad SMARTS) is 1. The van der Waals surface area contributed by atoms with Crippen LogP contribution in [0.4, 0.5) is 5.69 Å². The standard InChI is InChI=1S/C16H15NO6/c1-22-10-4-5-11(14(8-10)23-2)15(19)17-13-6-3-9(18)7-12(13)16(20)21/h3-8,18H,1-2H3,(H,17,19)(H,20,21). The van der Waals surface area contributed by atoms with Gasteiger partial charge in [0.25, 0.3) is 5.91 Å². The van der Waals surface area contributed by atoms with Crippen molar-refractivity contribution in [3.63, 3.8) is 0 Å². The van der Waals surface area contributed by atoms with Gasteiger partial charge in [-0.1, -0.05) is 0 Å². The Morgan fingerprint density at radius 3 is 2.35 bits per heavy atom. The van der Waals surface area contributed by atoms with E-state index in [1.54, 1.807) is 12.1 Å². The first-order valence-corrected chi connectivity index (χ1v) is 6.56. The minimum Gasteiger partial charge on any atom is -0.508 e. The van der Waals surface area contributed by atoms with Crippen LogP contribution in [0.2, 0.25) is 0 Å². The number of methoxy groups -OCH3 is 2. The number of anilines is 1. The molecule has 0 aliphatic carbocycles. The number of hydrogen-bond acceptors (Lipinski definition) is 5. The Kier molecular flexibility index (Phi) is 4.70. The van der Waals surface area contributed by atoms with Gasteiger partial charge in [0, 0.05) is 6.07 Å². The summed E-state index contributed by atoms with van der Waals surface area (Å²) >= 11 is 0. The first kappa shape index (κ1) is 16.2. The third-order valence-corrected chi connectivity index (χ3v) is 3.14. The van der Waals surface area contributed by atoms with Crippen LogP contribution in [0.25, 0.3) is 0 Å². The van der Waals surface area contributed by atoms with E-state index in [9.17, 15) is 14.7 Å². The van der Waals surface area contributed by atoms with Crippen molar-refractivity contribution in [3.8, 4) is 17.2 Å². The molecule has 0 saturated carbocycles. The highest BCUT2D eigenvalue weighted by Gasteiger charge is 2.17. The molecule has 7 nitrogen and oxygen atoms in total. The van der Waals surface area contributed by atoms with Gasteiger partial charge in [-0.25, -0.2) is 4.79 Å². The van der Waals surface area contributed by atoms with Crippen molar-refractivity contribution in [2.45, 2.75) is 0 Å². The highest BCUT2D eigenvalue weighted by Crippen LogP contribution is 2.27. The van der Waals surface area contributed by atoms with Gasteiger partial charge < -0.3 is 25.0 Å². The number of amides is 1. The van der Waals surface area contributed by atoms with Gasteiger partial charge >= 0.3 is 5.97 Å². The molecule has 3 N–H and O–H groups in total. The molecule has 0 saturated heterocycles. The van der Waals surface area contributed by atoms with E-state index in [1.165, 1.54) is 32.4 Å². The zero-order valence-electron chi connectivity index (χ0n) is 12.5. The number of carboxylic acids is 1. The molecular formula is C16H15NO6. The lowest BCUT2D eigenvalue weighted by atomic mass is 10.1. The largest absolute Gasteiger partial charge is 0.508 e. The topological polar surface area (TPSA) is 105 Å². The zero-order chi connectivity index (χ0) is 17.0. The van der Waals surface area contributed by atoms with Crippen LogP contribution in [0, 0.1) is 0 Å². The average molecular weight is 317 g/mol. The van der Waals surface area contributed by atoms with Crippen molar-refractivity contribution < 1.29 is 29.3 Å². The molecule has 0 radical (unpaired) electrons. The van der Waals surface area contributed by atoms with Crippen LogP contribution in [0.3, 0.4) is 0 Å². The summed E-state index contributed by atoms with van der Waals surface area (Å²) in [6.45, 7) is 0. The second-order valence-corrected chi connectivity index (χ2v) is 4.56. The van der Waals surface area contributed by atoms with Crippen LogP contribution in [-0.2, 0) is 0 Å². The number of aromatic carboxylic acids is 1. The highest BCUT2D eigenvalue weighted by atomic mass is 16.5. The van der Waals surface area contributed by atoms with E-state index in [0.29, 0.717) is 5.75 Å². The first-order chi connectivity index (χ1) is 11.0. The number of carbonyl (C=O) groups excluding carboxylic acids is 1. The Bertz CT molecular complexity index is 756. The molecule has 0 fully saturated rings. The molecule has 120 valence electrons. The monoisotopic (exact) mass is 317 g/mol. The van der Waals surface area contributed by atoms with E-state index in [1.807, 2.05) is 0 Å². The summed E-state index contributed by atoms with van der Waals surface area (Å²) < 4.78 is 10.2. The molecule has 7 heteroatoms. The second kappa shape index (κ2) is 6.69. The zero-order valence-corrected chi connectivity index (χ0v) is 12.5. The number of ether oxygens (including phenoxy) is 2. The summed E-state index contributed by atoms with van der Waals surface area (Å²) in [7, 11) is 2.90. The SMILES string of the molecule is COc1ccc(C(=O)Nc2ccc(O)cc2C(=O)O)c(OC)c1. The molecule has 2 aromatic carbocycles. The molecule has 0 bridgehead atoms. The summed E-state index contributed by atoms with van der Waals surface area (Å²) in [4.78, 5) is 23.6. The fourth-order valence-electron chi connectivity index (χ4n) is 1.99. The summed E-state index contributed by atoms with van der Waals surface area (Å²) in [6, 6.07) is 8.30. The summed E-state index contributed by atoms with van der Waals surface area (Å²) in [5, 5.41) is 21.0. The molecule has 0 aromatic heterocycles. The number of phenolic OH excluding ortho intramolecular Hbond substituents is 1. The number of benzene rings is 2. The number of aromatic hydroxyl groups is 1. The molecule has 0 aliphatic rings. The molecule has 0 unspecified atom stereocenters. The Hall–Kier alpha value is -3.22. The lowest BCUT2D eigenvalue weighted by molar-refractivity contribution is 0.0697. The molecule has 2 aromatic rings. The molecule has 2 rings (SSSR count). The summed E-state index contributed by atoms with van der Waals surface area (Å²) in [5.74, 6) is -1.20. The number of nitrogens with one attached hydrogen (secondary N) is 1. The third-order valence-electron chi connectivity index (χ3n) is 3.14. The molecule has 0 aliphatic heterocycles. The predicted molar refractivity (Wildman–Crippen MR) is 82.6 cm³/mol. The van der Waals surface area contributed by atoms with Gasteiger partial charge in [-0.3, -0.25) is 4.79 Å². The Morgan fingerprint density at radius 1 is 1.00 bits per heavy atom. The Balaban J connectivity index is 2.35. The molecular weight excluding hydrogens is 302 g/mol. The Labute approximate surface area is 132 Å². The summed E-state index contributed by atoms with van der Waals surface area (Å²) in [6.07, 6.45) is 0. The van der Waals surface area contributed by atoms with Gasteiger partial charge in [0.2, 0.25) is 0 Å². The quantitative estimate of drug-likeness (QED) is 0.731. The minimum absolute atomic E-state index is 0.0678. The van der Waals surface area contributed by atoms with Crippen molar-refractivity contribution in [3.05, 3.63) is 47.5 Å². The molecule has 0 heterocycles. The van der Waals surface area contributed by atoms with Gasteiger partial charge in [0.15, 0.2) is 0 Å². The molecule has 23 heavy (non-hydrogen) atoms. The van der Waals surface area contributed by atoms with Gasteiger partial charge in [0.05, 0.1) is 31.0 Å². The van der Waals surface area contributed by atoms with Crippen LogP contribution >= 0.6 is 0 Å². The van der Waals surface area contributed by atoms with E-state index >= 15 is 0 Å². The van der Waals surface area contributed by atoms with Crippen molar-refractivity contribution >= 4 is 17.6 Å². The molecule has 0 atom stereocenters. The van der Waals surface area contributed by atoms with Crippen LogP contribution < -0.4 is 14.8 Å². The van der Waals surface area contributed by atoms with Gasteiger partial charge in [-0.05, 0) is 30.3 Å². The number of hydrogen-bond donors (Lipinski definition) is 3. The van der Waals surface area contributed by atoms with Crippen LogP contribution in [0.5, 0.6) is 17.2 Å². The second-order valence-electron chi connectivity index (χ2n) is 4.56. The molecule has 1 amide bonds. The highest BCUT2D eigenvalue weighted by molar-refractivity contribution is 6.09. The van der Waals surface area contributed by atoms with E-state index in [4.69, 9.17) is 14.6 Å². The van der Waals surface area contributed by atoms with Crippen LogP contribution in [-0.4, -0.2) is 36.3 Å². The number of phenols is 1. The van der Waals surface area contributed by atoms with Crippen LogP contribution in [0.15, 0.2) is 36.4 Å². The normalized spacial score (nSPS) is 10.0. The average Bonchev–Trinajstić information content (AvgIpc) is 2.55. The van der Waals surface area contributed by atoms with E-state index in [0.717, 1.165) is 6.07 Å². The van der Waals surface area contributed by atoms with Gasteiger partial charge in [0.1, 0.15) is 17.2 Å². The number of rotatable bonds is 5. The maximum atomic E-state index is 12.4. The molecule has 0 spiro atoms. The van der Waals surface area contributed by atoms with E-state index in [2.05, 4.69) is 5.32 Å².